The van der Waals surface area contributed by atoms with Crippen LogP contribution in [-0.2, 0) is 9.84 Å². The molecule has 1 aliphatic rings. The van der Waals surface area contributed by atoms with Crippen molar-refractivity contribution in [1.82, 2.24) is 9.97 Å². The molecule has 0 amide bonds. The Labute approximate surface area is 109 Å². The summed E-state index contributed by atoms with van der Waals surface area (Å²) >= 11 is 1.57. The fraction of sp³-hybridized carbons (Fsp3) is 0.455. The van der Waals surface area contributed by atoms with Crippen molar-refractivity contribution < 1.29 is 8.42 Å². The molecular weight excluding hydrogens is 270 g/mol. The number of hydrogen-bond acceptors (Lipinski definition) is 6. The number of hydrogen-bond donors (Lipinski definition) is 1. The molecule has 2 aromatic heterocycles. The van der Waals surface area contributed by atoms with E-state index in [9.17, 15) is 8.42 Å². The van der Waals surface area contributed by atoms with E-state index < -0.39 is 9.84 Å². The second kappa shape index (κ2) is 4.47. The van der Waals surface area contributed by atoms with E-state index in [2.05, 4.69) is 15.3 Å². The summed E-state index contributed by atoms with van der Waals surface area (Å²) in [5.74, 6) is 1.60. The fourth-order valence-electron chi connectivity index (χ4n) is 2.20. The lowest BCUT2D eigenvalue weighted by Gasteiger charge is -2.10. The topological polar surface area (TPSA) is 72.0 Å². The molecule has 1 saturated heterocycles. The fourth-order valence-corrected chi connectivity index (χ4v) is 4.80. The van der Waals surface area contributed by atoms with Gasteiger partial charge in [0.15, 0.2) is 9.84 Å². The van der Waals surface area contributed by atoms with E-state index in [-0.39, 0.29) is 11.7 Å². The minimum atomic E-state index is -2.80. The van der Waals surface area contributed by atoms with Gasteiger partial charge < -0.3 is 5.32 Å². The maximum absolute atomic E-state index is 11.4. The number of aromatic nitrogens is 2. The van der Waals surface area contributed by atoms with Crippen molar-refractivity contribution in [2.24, 2.45) is 5.92 Å². The summed E-state index contributed by atoms with van der Waals surface area (Å²) in [6, 6.07) is 1.98. The van der Waals surface area contributed by atoms with Crippen molar-refractivity contribution in [3.63, 3.8) is 0 Å². The van der Waals surface area contributed by atoms with Crippen LogP contribution in [0.15, 0.2) is 17.8 Å². The molecule has 2 aromatic rings. The van der Waals surface area contributed by atoms with E-state index in [1.807, 2.05) is 11.4 Å². The molecule has 1 fully saturated rings. The highest BCUT2D eigenvalue weighted by atomic mass is 32.2. The van der Waals surface area contributed by atoms with Crippen molar-refractivity contribution in [1.29, 1.82) is 0 Å². The molecule has 0 aliphatic carbocycles. The summed E-state index contributed by atoms with van der Waals surface area (Å²) in [5, 5.41) is 6.22. The first-order valence-corrected chi connectivity index (χ1v) is 8.47. The molecule has 0 saturated carbocycles. The van der Waals surface area contributed by atoms with Crippen LogP contribution in [0.3, 0.4) is 0 Å². The Bertz CT molecular complexity index is 666. The lowest BCUT2D eigenvalue weighted by atomic mass is 10.1. The van der Waals surface area contributed by atoms with Gasteiger partial charge in [0.05, 0.1) is 16.9 Å². The molecule has 3 heterocycles. The van der Waals surface area contributed by atoms with Crippen LogP contribution in [0.25, 0.3) is 10.2 Å². The Kier molecular flexibility index (Phi) is 2.95. The Morgan fingerprint density at radius 3 is 3.11 bits per heavy atom. The zero-order chi connectivity index (χ0) is 12.6. The van der Waals surface area contributed by atoms with Gasteiger partial charge >= 0.3 is 0 Å². The summed E-state index contributed by atoms with van der Waals surface area (Å²) in [6.07, 6.45) is 2.28. The average molecular weight is 283 g/mol. The minimum absolute atomic E-state index is 0.193. The van der Waals surface area contributed by atoms with Crippen molar-refractivity contribution in [2.45, 2.75) is 6.42 Å². The predicted octanol–water partition coefficient (Wildman–Crippen LogP) is 1.54. The molecule has 1 unspecified atom stereocenters. The Hall–Kier alpha value is -1.21. The first-order chi connectivity index (χ1) is 8.64. The maximum atomic E-state index is 11.4. The van der Waals surface area contributed by atoms with E-state index in [1.54, 1.807) is 11.3 Å². The largest absolute Gasteiger partial charge is 0.369 e. The van der Waals surface area contributed by atoms with Gasteiger partial charge in [-0.1, -0.05) is 0 Å². The molecule has 18 heavy (non-hydrogen) atoms. The lowest BCUT2D eigenvalue weighted by molar-refractivity contribution is 0.596. The first kappa shape index (κ1) is 11.9. The highest BCUT2D eigenvalue weighted by Gasteiger charge is 2.27. The van der Waals surface area contributed by atoms with Crippen LogP contribution in [0.5, 0.6) is 0 Å². The molecule has 0 bridgehead atoms. The van der Waals surface area contributed by atoms with Gasteiger partial charge in [0.1, 0.15) is 17.0 Å². The number of sulfone groups is 1. The third kappa shape index (κ3) is 2.32. The van der Waals surface area contributed by atoms with E-state index in [0.717, 1.165) is 22.5 Å². The lowest BCUT2D eigenvalue weighted by Crippen LogP contribution is -2.16. The molecule has 1 aliphatic heterocycles. The first-order valence-electron chi connectivity index (χ1n) is 5.76. The number of nitrogens with zero attached hydrogens (tertiary/aromatic N) is 2. The van der Waals surface area contributed by atoms with Crippen molar-refractivity contribution in [2.75, 3.05) is 23.4 Å². The molecule has 0 radical (unpaired) electrons. The van der Waals surface area contributed by atoms with E-state index in [4.69, 9.17) is 0 Å². The van der Waals surface area contributed by atoms with Crippen LogP contribution in [-0.4, -0.2) is 36.4 Å². The predicted molar refractivity (Wildman–Crippen MR) is 72.7 cm³/mol. The molecule has 0 aromatic carbocycles. The van der Waals surface area contributed by atoms with Crippen LogP contribution in [0.4, 0.5) is 5.82 Å². The average Bonchev–Trinajstić information content (AvgIpc) is 2.92. The molecule has 7 heteroatoms. The summed E-state index contributed by atoms with van der Waals surface area (Å²) in [4.78, 5) is 9.34. The molecule has 96 valence electrons. The van der Waals surface area contributed by atoms with Gasteiger partial charge in [0.2, 0.25) is 0 Å². The minimum Gasteiger partial charge on any atom is -0.369 e. The van der Waals surface area contributed by atoms with Gasteiger partial charge in [0, 0.05) is 6.54 Å². The highest BCUT2D eigenvalue weighted by molar-refractivity contribution is 7.91. The maximum Gasteiger partial charge on any atom is 0.150 e. The van der Waals surface area contributed by atoms with E-state index >= 15 is 0 Å². The third-order valence-corrected chi connectivity index (χ3v) is 5.80. The molecule has 0 spiro atoms. The Morgan fingerprint density at radius 2 is 2.33 bits per heavy atom. The van der Waals surface area contributed by atoms with Crippen LogP contribution in [0.1, 0.15) is 6.42 Å². The van der Waals surface area contributed by atoms with Gasteiger partial charge in [-0.3, -0.25) is 0 Å². The normalized spacial score (nSPS) is 22.3. The molecule has 1 atom stereocenters. The van der Waals surface area contributed by atoms with Crippen molar-refractivity contribution in [3.05, 3.63) is 17.8 Å². The van der Waals surface area contributed by atoms with Gasteiger partial charge in [0.25, 0.3) is 0 Å². The van der Waals surface area contributed by atoms with Crippen molar-refractivity contribution >= 4 is 37.2 Å². The molecule has 1 N–H and O–H groups in total. The summed E-state index contributed by atoms with van der Waals surface area (Å²) in [7, 11) is -2.80. The van der Waals surface area contributed by atoms with Gasteiger partial charge in [-0.2, -0.15) is 0 Å². The van der Waals surface area contributed by atoms with Gasteiger partial charge in [-0.25, -0.2) is 18.4 Å². The summed E-state index contributed by atoms with van der Waals surface area (Å²) < 4.78 is 22.7. The number of nitrogens with one attached hydrogen (secondary N) is 1. The van der Waals surface area contributed by atoms with Crippen LogP contribution in [0.2, 0.25) is 0 Å². The monoisotopic (exact) mass is 283 g/mol. The highest BCUT2D eigenvalue weighted by Crippen LogP contribution is 2.25. The third-order valence-electron chi connectivity index (χ3n) is 3.15. The second-order valence-electron chi connectivity index (χ2n) is 4.51. The summed E-state index contributed by atoms with van der Waals surface area (Å²) in [6.45, 7) is 0.654. The molecular formula is C11H13N3O2S2. The Balaban J connectivity index is 1.72. The van der Waals surface area contributed by atoms with Crippen LogP contribution in [0, 0.1) is 5.92 Å². The van der Waals surface area contributed by atoms with E-state index in [0.29, 0.717) is 12.3 Å². The van der Waals surface area contributed by atoms with Crippen LogP contribution >= 0.6 is 11.3 Å². The zero-order valence-corrected chi connectivity index (χ0v) is 11.3. The standard InChI is InChI=1S/C11H13N3O2S2/c15-18(16)4-2-8(6-18)5-12-10-9-1-3-17-11(9)14-7-13-10/h1,3,7-8H,2,4-6H2,(H,12,13,14). The van der Waals surface area contributed by atoms with Crippen LogP contribution < -0.4 is 5.32 Å². The van der Waals surface area contributed by atoms with Gasteiger partial charge in [-0.05, 0) is 23.8 Å². The second-order valence-corrected chi connectivity index (χ2v) is 7.63. The Morgan fingerprint density at radius 1 is 1.44 bits per heavy atom. The molecule has 3 rings (SSSR count). The number of rotatable bonds is 3. The zero-order valence-electron chi connectivity index (χ0n) is 9.67. The van der Waals surface area contributed by atoms with E-state index in [1.165, 1.54) is 6.33 Å². The number of fused-ring (bicyclic) bond motifs is 1. The number of thiophene rings is 1. The van der Waals surface area contributed by atoms with Crippen molar-refractivity contribution in [3.8, 4) is 0 Å². The summed E-state index contributed by atoms with van der Waals surface area (Å²) in [5.41, 5.74) is 0. The number of anilines is 1. The quantitative estimate of drug-likeness (QED) is 0.925. The van der Waals surface area contributed by atoms with Gasteiger partial charge in [-0.15, -0.1) is 11.3 Å². The molecule has 5 nitrogen and oxygen atoms in total. The SMILES string of the molecule is O=S1(=O)CCC(CNc2ncnc3sccc23)C1. The smallest absolute Gasteiger partial charge is 0.150 e.